The van der Waals surface area contributed by atoms with Crippen molar-refractivity contribution in [3.8, 4) is 11.1 Å². The molecule has 3 aromatic rings. The summed E-state index contributed by atoms with van der Waals surface area (Å²) in [4.78, 5) is 13.8. The number of nitrogens with zero attached hydrogens (tertiary/aromatic N) is 2. The molecule has 0 unspecified atom stereocenters. The quantitative estimate of drug-likeness (QED) is 0.400. The van der Waals surface area contributed by atoms with Crippen LogP contribution in [0.15, 0.2) is 36.5 Å². The van der Waals surface area contributed by atoms with Crippen LogP contribution in [0.5, 0.6) is 0 Å². The largest absolute Gasteiger partial charge is 0.462 e. The van der Waals surface area contributed by atoms with Gasteiger partial charge in [0.1, 0.15) is 10.6 Å². The zero-order valence-corrected chi connectivity index (χ0v) is 19.2. The molecule has 6 nitrogen and oxygen atoms in total. The second kappa shape index (κ2) is 9.86. The lowest BCUT2D eigenvalue weighted by atomic mass is 10.0. The second-order valence-corrected chi connectivity index (χ2v) is 8.34. The Morgan fingerprint density at radius 1 is 1.23 bits per heavy atom. The van der Waals surface area contributed by atoms with Gasteiger partial charge in [-0.1, -0.05) is 30.3 Å². The Bertz CT molecular complexity index is 1040. The molecule has 0 aliphatic carbocycles. The molecule has 8 heteroatoms. The highest BCUT2D eigenvalue weighted by Crippen LogP contribution is 2.40. The lowest BCUT2D eigenvalue weighted by Crippen LogP contribution is -2.28. The number of carbonyl (C=O) groups is 1. The summed E-state index contributed by atoms with van der Waals surface area (Å²) in [5.74, 6) is -0.355. The number of hydrogen-bond donors (Lipinski definition) is 2. The van der Waals surface area contributed by atoms with Crippen LogP contribution in [0.3, 0.4) is 0 Å². The van der Waals surface area contributed by atoms with Crippen molar-refractivity contribution in [2.24, 2.45) is 0 Å². The SMILES string of the molecule is CCOC(=O)c1c(NC(=S)NCc2cnn(CC)c2C)sc(C)c1-c1ccccc1. The molecule has 158 valence electrons. The molecule has 0 fully saturated rings. The fourth-order valence-corrected chi connectivity index (χ4v) is 4.59. The van der Waals surface area contributed by atoms with Gasteiger partial charge in [-0.25, -0.2) is 4.79 Å². The van der Waals surface area contributed by atoms with Crippen LogP contribution in [0, 0.1) is 13.8 Å². The molecule has 3 rings (SSSR count). The van der Waals surface area contributed by atoms with Gasteiger partial charge in [0, 0.05) is 34.8 Å². The monoisotopic (exact) mass is 442 g/mol. The molecule has 0 radical (unpaired) electrons. The minimum atomic E-state index is -0.355. The third-order valence-corrected chi connectivity index (χ3v) is 6.06. The summed E-state index contributed by atoms with van der Waals surface area (Å²) in [7, 11) is 0. The molecule has 0 bridgehead atoms. The van der Waals surface area contributed by atoms with Gasteiger partial charge in [-0.15, -0.1) is 11.3 Å². The normalized spacial score (nSPS) is 10.7. The molecule has 30 heavy (non-hydrogen) atoms. The Morgan fingerprint density at radius 2 is 1.97 bits per heavy atom. The Morgan fingerprint density at radius 3 is 2.60 bits per heavy atom. The number of anilines is 1. The van der Waals surface area contributed by atoms with Crippen molar-refractivity contribution in [1.82, 2.24) is 15.1 Å². The molecule has 0 spiro atoms. The van der Waals surface area contributed by atoms with Crippen molar-refractivity contribution in [3.05, 3.63) is 58.2 Å². The van der Waals surface area contributed by atoms with Crippen molar-refractivity contribution >= 4 is 39.6 Å². The molecular formula is C22H26N4O2S2. The molecule has 0 saturated heterocycles. The Balaban J connectivity index is 1.83. The van der Waals surface area contributed by atoms with Gasteiger partial charge in [0.15, 0.2) is 5.11 Å². The number of esters is 1. The van der Waals surface area contributed by atoms with Crippen LogP contribution >= 0.6 is 23.6 Å². The summed E-state index contributed by atoms with van der Waals surface area (Å²) in [5.41, 5.74) is 4.57. The van der Waals surface area contributed by atoms with Gasteiger partial charge in [-0.2, -0.15) is 5.10 Å². The van der Waals surface area contributed by atoms with E-state index in [1.807, 2.05) is 55.1 Å². The van der Waals surface area contributed by atoms with Crippen LogP contribution in [0.2, 0.25) is 0 Å². The summed E-state index contributed by atoms with van der Waals surface area (Å²) in [6.45, 7) is 9.60. The minimum Gasteiger partial charge on any atom is -0.462 e. The number of hydrogen-bond acceptors (Lipinski definition) is 5. The Hall–Kier alpha value is -2.71. The predicted molar refractivity (Wildman–Crippen MR) is 126 cm³/mol. The van der Waals surface area contributed by atoms with Gasteiger partial charge in [-0.05, 0) is 45.5 Å². The number of thiocarbonyl (C=S) groups is 1. The zero-order valence-electron chi connectivity index (χ0n) is 17.6. The number of ether oxygens (including phenoxy) is 1. The molecule has 0 saturated carbocycles. The van der Waals surface area contributed by atoms with E-state index in [4.69, 9.17) is 17.0 Å². The first-order valence-electron chi connectivity index (χ1n) is 9.88. The van der Waals surface area contributed by atoms with Crippen molar-refractivity contribution in [2.45, 2.75) is 40.8 Å². The lowest BCUT2D eigenvalue weighted by molar-refractivity contribution is 0.0529. The van der Waals surface area contributed by atoms with E-state index in [0.29, 0.717) is 28.8 Å². The number of benzene rings is 1. The number of nitrogens with one attached hydrogen (secondary N) is 2. The molecule has 0 aliphatic heterocycles. The summed E-state index contributed by atoms with van der Waals surface area (Å²) in [6, 6.07) is 9.85. The maximum absolute atomic E-state index is 12.8. The number of thiophene rings is 1. The molecular weight excluding hydrogens is 416 g/mol. The summed E-state index contributed by atoms with van der Waals surface area (Å²) in [6.07, 6.45) is 1.85. The highest BCUT2D eigenvalue weighted by molar-refractivity contribution is 7.80. The molecule has 2 aromatic heterocycles. The first-order chi connectivity index (χ1) is 14.5. The average Bonchev–Trinajstić information content (AvgIpc) is 3.26. The topological polar surface area (TPSA) is 68.2 Å². The smallest absolute Gasteiger partial charge is 0.341 e. The fraction of sp³-hybridized carbons (Fsp3) is 0.318. The molecule has 0 amide bonds. The number of aryl methyl sites for hydroxylation is 2. The van der Waals surface area contributed by atoms with E-state index in [2.05, 4.69) is 22.7 Å². The minimum absolute atomic E-state index is 0.310. The number of rotatable bonds is 7. The van der Waals surface area contributed by atoms with E-state index in [1.165, 1.54) is 11.3 Å². The summed E-state index contributed by atoms with van der Waals surface area (Å²) >= 11 is 6.99. The molecule has 2 heterocycles. The van der Waals surface area contributed by atoms with Crippen molar-refractivity contribution in [2.75, 3.05) is 11.9 Å². The average molecular weight is 443 g/mol. The van der Waals surface area contributed by atoms with Crippen LogP contribution in [0.1, 0.15) is 40.3 Å². The van der Waals surface area contributed by atoms with Crippen molar-refractivity contribution in [1.29, 1.82) is 0 Å². The molecule has 2 N–H and O–H groups in total. The van der Waals surface area contributed by atoms with E-state index in [0.717, 1.165) is 33.8 Å². The maximum atomic E-state index is 12.8. The second-order valence-electron chi connectivity index (χ2n) is 6.70. The van der Waals surface area contributed by atoms with Gasteiger partial charge >= 0.3 is 5.97 Å². The fourth-order valence-electron chi connectivity index (χ4n) is 3.28. The summed E-state index contributed by atoms with van der Waals surface area (Å²) in [5, 5.41) is 11.9. The Labute approximate surface area is 186 Å². The predicted octanol–water partition coefficient (Wildman–Crippen LogP) is 4.91. The van der Waals surface area contributed by atoms with Gasteiger partial charge in [0.05, 0.1) is 12.8 Å². The number of carbonyl (C=O) groups excluding carboxylic acids is 1. The Kier molecular flexibility index (Phi) is 7.23. The van der Waals surface area contributed by atoms with Crippen LogP contribution in [-0.2, 0) is 17.8 Å². The van der Waals surface area contributed by atoms with Crippen molar-refractivity contribution < 1.29 is 9.53 Å². The molecule has 0 aliphatic rings. The number of aromatic nitrogens is 2. The standard InChI is InChI=1S/C22H26N4O2S2/c1-5-26-14(3)17(13-24-26)12-23-22(29)25-20-19(21(27)28-6-2)18(15(4)30-20)16-10-8-7-9-11-16/h7-11,13H,5-6,12H2,1-4H3,(H2,23,25,29). The molecule has 1 aromatic carbocycles. The lowest BCUT2D eigenvalue weighted by Gasteiger charge is -2.12. The maximum Gasteiger partial charge on any atom is 0.341 e. The van der Waals surface area contributed by atoms with Gasteiger partial charge < -0.3 is 15.4 Å². The first kappa shape index (κ1) is 22.0. The van der Waals surface area contributed by atoms with E-state index in [1.54, 1.807) is 6.92 Å². The van der Waals surface area contributed by atoms with Crippen LogP contribution in [0.25, 0.3) is 11.1 Å². The van der Waals surface area contributed by atoms with E-state index in [9.17, 15) is 4.79 Å². The van der Waals surface area contributed by atoms with Crippen LogP contribution in [0.4, 0.5) is 5.00 Å². The van der Waals surface area contributed by atoms with E-state index >= 15 is 0 Å². The first-order valence-corrected chi connectivity index (χ1v) is 11.1. The van der Waals surface area contributed by atoms with Gasteiger partial charge in [-0.3, -0.25) is 4.68 Å². The third kappa shape index (κ3) is 4.71. The van der Waals surface area contributed by atoms with Crippen LogP contribution < -0.4 is 10.6 Å². The highest BCUT2D eigenvalue weighted by atomic mass is 32.1. The van der Waals surface area contributed by atoms with Gasteiger partial charge in [0.2, 0.25) is 0 Å². The summed E-state index contributed by atoms with van der Waals surface area (Å²) < 4.78 is 7.28. The highest BCUT2D eigenvalue weighted by Gasteiger charge is 2.24. The van der Waals surface area contributed by atoms with E-state index in [-0.39, 0.29) is 5.97 Å². The third-order valence-electron chi connectivity index (χ3n) is 4.80. The van der Waals surface area contributed by atoms with Crippen molar-refractivity contribution in [3.63, 3.8) is 0 Å². The van der Waals surface area contributed by atoms with Gasteiger partial charge in [0.25, 0.3) is 0 Å². The molecule has 0 atom stereocenters. The van der Waals surface area contributed by atoms with E-state index < -0.39 is 0 Å². The zero-order chi connectivity index (χ0) is 21.7. The van der Waals surface area contributed by atoms with Crippen LogP contribution in [-0.4, -0.2) is 27.5 Å².